The van der Waals surface area contributed by atoms with Crippen LogP contribution in [0.2, 0.25) is 0 Å². The lowest BCUT2D eigenvalue weighted by atomic mass is 10.1. The molecule has 0 unspecified atom stereocenters. The van der Waals surface area contributed by atoms with Crippen molar-refractivity contribution in [1.82, 2.24) is 4.90 Å². The Bertz CT molecular complexity index is 839. The summed E-state index contributed by atoms with van der Waals surface area (Å²) in [6, 6.07) is 11.3. The minimum absolute atomic E-state index is 0.0345. The number of carbonyl (C=O) groups excluding carboxylic acids is 2. The smallest absolute Gasteiger partial charge is 0.243 e. The summed E-state index contributed by atoms with van der Waals surface area (Å²) in [7, 11) is 0. The first-order valence-corrected chi connectivity index (χ1v) is 9.27. The van der Waals surface area contributed by atoms with Crippen LogP contribution in [0, 0.1) is 5.82 Å². The molecule has 7 heteroatoms. The molecule has 148 valence electrons. The van der Waals surface area contributed by atoms with Crippen molar-refractivity contribution in [2.75, 3.05) is 31.6 Å². The molecule has 0 spiro atoms. The normalized spacial score (nSPS) is 12.4. The summed E-state index contributed by atoms with van der Waals surface area (Å²) in [6.45, 7) is 3.19. The van der Waals surface area contributed by atoms with Crippen molar-refractivity contribution in [3.05, 3.63) is 53.8 Å². The van der Waals surface area contributed by atoms with Gasteiger partial charge in [-0.1, -0.05) is 12.1 Å². The Hall–Kier alpha value is -3.09. The third-order valence-corrected chi connectivity index (χ3v) is 4.44. The van der Waals surface area contributed by atoms with E-state index in [0.717, 1.165) is 5.56 Å². The number of nitrogens with one attached hydrogen (secondary N) is 1. The molecule has 0 saturated heterocycles. The van der Waals surface area contributed by atoms with Crippen LogP contribution in [0.25, 0.3) is 0 Å². The van der Waals surface area contributed by atoms with Gasteiger partial charge in [0.25, 0.3) is 0 Å². The van der Waals surface area contributed by atoms with Crippen molar-refractivity contribution in [3.8, 4) is 11.5 Å². The monoisotopic (exact) mass is 386 g/mol. The Labute approximate surface area is 163 Å². The van der Waals surface area contributed by atoms with Crippen molar-refractivity contribution in [2.45, 2.75) is 19.8 Å². The molecule has 2 aromatic rings. The highest BCUT2D eigenvalue weighted by Gasteiger charge is 2.17. The summed E-state index contributed by atoms with van der Waals surface area (Å²) < 4.78 is 23.9. The summed E-state index contributed by atoms with van der Waals surface area (Å²) in [5.41, 5.74) is 1.47. The number of nitrogens with zero attached hydrogens (tertiary/aromatic N) is 1. The third kappa shape index (κ3) is 5.22. The number of carbonyl (C=O) groups is 2. The predicted octanol–water partition coefficient (Wildman–Crippen LogP) is 3.02. The van der Waals surface area contributed by atoms with Crippen molar-refractivity contribution in [1.29, 1.82) is 0 Å². The predicted molar refractivity (Wildman–Crippen MR) is 103 cm³/mol. The zero-order chi connectivity index (χ0) is 19.9. The van der Waals surface area contributed by atoms with Crippen molar-refractivity contribution in [2.24, 2.45) is 0 Å². The van der Waals surface area contributed by atoms with Gasteiger partial charge in [-0.05, 0) is 43.2 Å². The van der Waals surface area contributed by atoms with Gasteiger partial charge in [0.1, 0.15) is 19.0 Å². The highest BCUT2D eigenvalue weighted by atomic mass is 19.1. The SMILES string of the molecule is CCN(CC(=O)Nc1ccc2c(c1)OCCO2)C(=O)CCc1ccc(F)cc1. The van der Waals surface area contributed by atoms with Crippen LogP contribution in [0.1, 0.15) is 18.9 Å². The molecule has 0 aromatic heterocycles. The Morgan fingerprint density at radius 3 is 2.50 bits per heavy atom. The van der Waals surface area contributed by atoms with Gasteiger partial charge >= 0.3 is 0 Å². The minimum Gasteiger partial charge on any atom is -0.486 e. The van der Waals surface area contributed by atoms with E-state index in [-0.39, 0.29) is 30.6 Å². The van der Waals surface area contributed by atoms with Gasteiger partial charge in [-0.15, -0.1) is 0 Å². The van der Waals surface area contributed by atoms with Gasteiger partial charge in [0.15, 0.2) is 11.5 Å². The molecular weight excluding hydrogens is 363 g/mol. The molecule has 0 radical (unpaired) electrons. The lowest BCUT2D eigenvalue weighted by Crippen LogP contribution is -2.38. The first-order chi connectivity index (χ1) is 13.5. The number of ether oxygens (including phenoxy) is 2. The molecule has 1 aliphatic heterocycles. The van der Waals surface area contributed by atoms with Crippen molar-refractivity contribution in [3.63, 3.8) is 0 Å². The van der Waals surface area contributed by atoms with Crippen LogP contribution in [0.4, 0.5) is 10.1 Å². The second-order valence-corrected chi connectivity index (χ2v) is 6.44. The van der Waals surface area contributed by atoms with Crippen LogP contribution in [0.3, 0.4) is 0 Å². The highest BCUT2D eigenvalue weighted by Crippen LogP contribution is 2.32. The molecule has 2 aromatic carbocycles. The first-order valence-electron chi connectivity index (χ1n) is 9.27. The van der Waals surface area contributed by atoms with Gasteiger partial charge in [-0.25, -0.2) is 4.39 Å². The van der Waals surface area contributed by atoms with Gasteiger partial charge in [-0.3, -0.25) is 9.59 Å². The van der Waals surface area contributed by atoms with E-state index < -0.39 is 0 Å². The van der Waals surface area contributed by atoms with E-state index in [1.165, 1.54) is 17.0 Å². The number of hydrogen-bond acceptors (Lipinski definition) is 4. The molecule has 0 bridgehead atoms. The standard InChI is InChI=1S/C21H23FN2O4/c1-2-24(21(26)10-5-15-3-6-16(22)7-4-15)14-20(25)23-17-8-9-18-19(13-17)28-12-11-27-18/h3-4,6-9,13H,2,5,10-12,14H2,1H3,(H,23,25). The first kappa shape index (κ1) is 19.7. The summed E-state index contributed by atoms with van der Waals surface area (Å²) in [6.07, 6.45) is 0.760. The number of benzene rings is 2. The lowest BCUT2D eigenvalue weighted by Gasteiger charge is -2.21. The number of halogens is 1. The van der Waals surface area contributed by atoms with Crippen LogP contribution in [0.5, 0.6) is 11.5 Å². The van der Waals surface area contributed by atoms with E-state index in [1.54, 1.807) is 30.3 Å². The number of amides is 2. The molecular formula is C21H23FN2O4. The van der Waals surface area contributed by atoms with Crippen LogP contribution in [-0.2, 0) is 16.0 Å². The second-order valence-electron chi connectivity index (χ2n) is 6.44. The van der Waals surface area contributed by atoms with Crippen LogP contribution < -0.4 is 14.8 Å². The molecule has 0 saturated carbocycles. The van der Waals surface area contributed by atoms with Crippen molar-refractivity contribution >= 4 is 17.5 Å². The van der Waals surface area contributed by atoms with Crippen LogP contribution in [-0.4, -0.2) is 43.0 Å². The number of rotatable bonds is 7. The second kappa shape index (κ2) is 9.21. The molecule has 1 heterocycles. The van der Waals surface area contributed by atoms with Crippen LogP contribution >= 0.6 is 0 Å². The summed E-state index contributed by atoms with van der Waals surface area (Å²) >= 11 is 0. The lowest BCUT2D eigenvalue weighted by molar-refractivity contribution is -0.134. The Kier molecular flexibility index (Phi) is 6.47. The quantitative estimate of drug-likeness (QED) is 0.794. The van der Waals surface area contributed by atoms with E-state index in [1.807, 2.05) is 6.92 Å². The van der Waals surface area contributed by atoms with Gasteiger partial charge in [0.2, 0.25) is 11.8 Å². The van der Waals surface area contributed by atoms with E-state index in [4.69, 9.17) is 9.47 Å². The largest absolute Gasteiger partial charge is 0.486 e. The summed E-state index contributed by atoms with van der Waals surface area (Å²) in [5, 5.41) is 2.78. The van der Waals surface area contributed by atoms with Gasteiger partial charge < -0.3 is 19.7 Å². The van der Waals surface area contributed by atoms with E-state index in [2.05, 4.69) is 5.32 Å². The number of hydrogen-bond donors (Lipinski definition) is 1. The van der Waals surface area contributed by atoms with Gasteiger partial charge in [0, 0.05) is 24.7 Å². The third-order valence-electron chi connectivity index (χ3n) is 4.44. The van der Waals surface area contributed by atoms with E-state index in [9.17, 15) is 14.0 Å². The maximum Gasteiger partial charge on any atom is 0.243 e. The fourth-order valence-corrected chi connectivity index (χ4v) is 2.93. The summed E-state index contributed by atoms with van der Waals surface area (Å²) in [5.74, 6) is 0.529. The minimum atomic E-state index is -0.305. The fraction of sp³-hybridized carbons (Fsp3) is 0.333. The molecule has 28 heavy (non-hydrogen) atoms. The molecule has 0 aliphatic carbocycles. The number of fused-ring (bicyclic) bond motifs is 1. The Morgan fingerprint density at radius 1 is 1.07 bits per heavy atom. The van der Waals surface area contributed by atoms with Gasteiger partial charge in [0.05, 0.1) is 6.54 Å². The number of likely N-dealkylation sites (N-methyl/N-ethyl adjacent to an activating group) is 1. The number of anilines is 1. The zero-order valence-electron chi connectivity index (χ0n) is 15.7. The topological polar surface area (TPSA) is 67.9 Å². The van der Waals surface area contributed by atoms with Crippen molar-refractivity contribution < 1.29 is 23.5 Å². The number of aryl methyl sites for hydroxylation is 1. The maximum absolute atomic E-state index is 12.9. The van der Waals surface area contributed by atoms with Gasteiger partial charge in [-0.2, -0.15) is 0 Å². The maximum atomic E-state index is 12.9. The molecule has 3 rings (SSSR count). The average Bonchev–Trinajstić information content (AvgIpc) is 2.71. The molecule has 0 atom stereocenters. The Morgan fingerprint density at radius 2 is 1.79 bits per heavy atom. The molecule has 1 aliphatic rings. The fourth-order valence-electron chi connectivity index (χ4n) is 2.93. The average molecular weight is 386 g/mol. The van der Waals surface area contributed by atoms with Crippen LogP contribution in [0.15, 0.2) is 42.5 Å². The zero-order valence-corrected chi connectivity index (χ0v) is 15.7. The molecule has 0 fully saturated rings. The Balaban J connectivity index is 1.52. The highest BCUT2D eigenvalue weighted by molar-refractivity contribution is 5.94. The van der Waals surface area contributed by atoms with E-state index in [0.29, 0.717) is 43.4 Å². The molecule has 1 N–H and O–H groups in total. The molecule has 2 amide bonds. The summed E-state index contributed by atoms with van der Waals surface area (Å²) in [4.78, 5) is 26.3. The van der Waals surface area contributed by atoms with E-state index >= 15 is 0 Å². The molecule has 6 nitrogen and oxygen atoms in total.